The lowest BCUT2D eigenvalue weighted by Crippen LogP contribution is -2.68. The maximum absolute atomic E-state index is 5.13. The SMILES string of the molecule is COc1cnc(CN2C3CC2CN(c2ccc(-c4nc(Nc5cc(C6CC6)[nH]n5)c5ccccc5n4)cn2)C3)cn1. The predicted molar refractivity (Wildman–Crippen MR) is 155 cm³/mol. The van der Waals surface area contributed by atoms with E-state index in [1.165, 1.54) is 25.0 Å². The zero-order valence-corrected chi connectivity index (χ0v) is 22.7. The lowest BCUT2D eigenvalue weighted by Gasteiger charge is -2.56. The number of nitrogens with zero attached hydrogens (tertiary/aromatic N) is 8. The second kappa shape index (κ2) is 9.77. The highest BCUT2D eigenvalue weighted by Crippen LogP contribution is 2.40. The number of benzene rings is 1. The third-order valence-corrected chi connectivity index (χ3v) is 8.37. The summed E-state index contributed by atoms with van der Waals surface area (Å²) < 4.78 is 5.13. The van der Waals surface area contributed by atoms with Crippen LogP contribution in [-0.2, 0) is 6.54 Å². The molecule has 206 valence electrons. The molecule has 4 aromatic heterocycles. The van der Waals surface area contributed by atoms with Gasteiger partial charge in [-0.1, -0.05) is 12.1 Å². The Morgan fingerprint density at radius 2 is 1.85 bits per heavy atom. The van der Waals surface area contributed by atoms with Crippen LogP contribution in [0, 0.1) is 0 Å². The number of piperazine rings is 1. The molecule has 9 rings (SSSR count). The predicted octanol–water partition coefficient (Wildman–Crippen LogP) is 4.30. The zero-order chi connectivity index (χ0) is 27.3. The van der Waals surface area contributed by atoms with E-state index in [0.717, 1.165) is 59.2 Å². The number of rotatable bonds is 8. The molecule has 1 aromatic carbocycles. The monoisotopic (exact) mass is 546 g/mol. The van der Waals surface area contributed by atoms with Crippen molar-refractivity contribution >= 4 is 28.4 Å². The second-order valence-electron chi connectivity index (χ2n) is 11.1. The normalized spacial score (nSPS) is 20.2. The zero-order valence-electron chi connectivity index (χ0n) is 22.7. The van der Waals surface area contributed by atoms with Gasteiger partial charge >= 0.3 is 0 Å². The molecular formula is C30H30N10O. The minimum absolute atomic E-state index is 0.485. The van der Waals surface area contributed by atoms with Crippen LogP contribution in [0.15, 0.2) is 61.1 Å². The van der Waals surface area contributed by atoms with Crippen LogP contribution in [0.1, 0.15) is 36.6 Å². The number of pyridine rings is 1. The highest BCUT2D eigenvalue weighted by molar-refractivity contribution is 5.92. The van der Waals surface area contributed by atoms with Crippen LogP contribution in [0.2, 0.25) is 0 Å². The third kappa shape index (κ3) is 4.61. The van der Waals surface area contributed by atoms with Crippen LogP contribution < -0.4 is 15.0 Å². The number of piperidine rings is 1. The molecule has 11 nitrogen and oxygen atoms in total. The molecule has 1 aliphatic carbocycles. The molecule has 2 bridgehead atoms. The first-order valence-electron chi connectivity index (χ1n) is 14.1. The van der Waals surface area contributed by atoms with Crippen molar-refractivity contribution in [3.05, 3.63) is 72.4 Å². The Bertz CT molecular complexity index is 1690. The average Bonchev–Trinajstić information content (AvgIpc) is 3.78. The molecule has 5 aromatic rings. The largest absolute Gasteiger partial charge is 0.480 e. The van der Waals surface area contributed by atoms with E-state index in [1.54, 1.807) is 19.5 Å². The fourth-order valence-corrected chi connectivity index (χ4v) is 5.98. The Kier molecular flexibility index (Phi) is 5.76. The van der Waals surface area contributed by atoms with Gasteiger partial charge < -0.3 is 15.0 Å². The number of fused-ring (bicyclic) bond motifs is 3. The van der Waals surface area contributed by atoms with Crippen LogP contribution in [-0.4, -0.2) is 72.3 Å². The summed E-state index contributed by atoms with van der Waals surface area (Å²) in [6.45, 7) is 2.70. The van der Waals surface area contributed by atoms with Crippen LogP contribution in [0.4, 0.5) is 17.5 Å². The van der Waals surface area contributed by atoms with Gasteiger partial charge in [0, 0.05) is 66.5 Å². The fraction of sp³-hybridized carbons (Fsp3) is 0.333. The number of methoxy groups -OCH3 is 1. The molecule has 3 saturated heterocycles. The molecule has 0 amide bonds. The van der Waals surface area contributed by atoms with Crippen molar-refractivity contribution in [2.45, 2.75) is 43.8 Å². The van der Waals surface area contributed by atoms with Gasteiger partial charge in [0.25, 0.3) is 0 Å². The van der Waals surface area contributed by atoms with Gasteiger partial charge in [-0.25, -0.2) is 19.9 Å². The summed E-state index contributed by atoms with van der Waals surface area (Å²) in [6.07, 6.45) is 9.02. The summed E-state index contributed by atoms with van der Waals surface area (Å²) in [5.74, 6) is 4.28. The van der Waals surface area contributed by atoms with Gasteiger partial charge in [-0.2, -0.15) is 5.10 Å². The lowest BCUT2D eigenvalue weighted by molar-refractivity contribution is -0.00979. The van der Waals surface area contributed by atoms with E-state index in [0.29, 0.717) is 29.7 Å². The molecule has 3 aliphatic heterocycles. The molecule has 7 heterocycles. The number of H-pyrrole nitrogens is 1. The van der Waals surface area contributed by atoms with Crippen LogP contribution in [0.5, 0.6) is 5.88 Å². The maximum atomic E-state index is 5.13. The van der Waals surface area contributed by atoms with Crippen molar-refractivity contribution in [2.75, 3.05) is 30.4 Å². The van der Waals surface area contributed by atoms with Gasteiger partial charge in [0.2, 0.25) is 5.88 Å². The van der Waals surface area contributed by atoms with Crippen molar-refractivity contribution in [2.24, 2.45) is 0 Å². The highest BCUT2D eigenvalue weighted by Gasteiger charge is 2.44. The maximum Gasteiger partial charge on any atom is 0.231 e. The molecular weight excluding hydrogens is 516 g/mol. The van der Waals surface area contributed by atoms with E-state index in [9.17, 15) is 0 Å². The van der Waals surface area contributed by atoms with Crippen molar-refractivity contribution in [3.63, 3.8) is 0 Å². The fourth-order valence-electron chi connectivity index (χ4n) is 5.98. The van der Waals surface area contributed by atoms with Gasteiger partial charge in [-0.15, -0.1) is 0 Å². The standard InChI is InChI=1S/C30H30N10O/c1-41-28-14-31-20(13-33-28)15-40-21-10-22(40)17-39(16-21)27-9-8-19(12-32-27)29-34-24-5-3-2-4-23(24)30(36-29)35-26-11-25(37-38-26)18-6-7-18/h2-5,8-9,11-14,18,21-22H,6-7,10,15-17H2,1H3,(H2,34,35,36,37,38). The summed E-state index contributed by atoms with van der Waals surface area (Å²) in [5.41, 5.74) is 3.90. The molecule has 2 N–H and O–H groups in total. The van der Waals surface area contributed by atoms with Gasteiger partial charge in [-0.05, 0) is 43.5 Å². The van der Waals surface area contributed by atoms with Crippen molar-refractivity contribution in [3.8, 4) is 17.3 Å². The topological polar surface area (TPSA) is 121 Å². The molecule has 2 unspecified atom stereocenters. The molecule has 0 radical (unpaired) electrons. The Balaban J connectivity index is 0.986. The summed E-state index contributed by atoms with van der Waals surface area (Å²) >= 11 is 0. The van der Waals surface area contributed by atoms with Crippen LogP contribution in [0.3, 0.4) is 0 Å². The lowest BCUT2D eigenvalue weighted by atomic mass is 9.87. The van der Waals surface area contributed by atoms with Gasteiger partial charge in [-0.3, -0.25) is 15.0 Å². The summed E-state index contributed by atoms with van der Waals surface area (Å²) in [5, 5.41) is 12.0. The Labute approximate surface area is 237 Å². The molecule has 4 aliphatic rings. The highest BCUT2D eigenvalue weighted by atomic mass is 16.5. The first-order valence-corrected chi connectivity index (χ1v) is 14.1. The Morgan fingerprint density at radius 3 is 2.61 bits per heavy atom. The molecule has 4 fully saturated rings. The second-order valence-corrected chi connectivity index (χ2v) is 11.1. The van der Waals surface area contributed by atoms with E-state index in [4.69, 9.17) is 19.7 Å². The third-order valence-electron chi connectivity index (χ3n) is 8.37. The van der Waals surface area contributed by atoms with Gasteiger partial charge in [0.15, 0.2) is 11.6 Å². The van der Waals surface area contributed by atoms with Gasteiger partial charge in [0.1, 0.15) is 11.6 Å². The Hall–Kier alpha value is -4.64. The number of anilines is 3. The first kappa shape index (κ1) is 24.2. The molecule has 41 heavy (non-hydrogen) atoms. The smallest absolute Gasteiger partial charge is 0.231 e. The van der Waals surface area contributed by atoms with E-state index in [-0.39, 0.29) is 0 Å². The van der Waals surface area contributed by atoms with E-state index in [2.05, 4.69) is 53.5 Å². The molecule has 11 heteroatoms. The average molecular weight is 547 g/mol. The van der Waals surface area contributed by atoms with Crippen molar-refractivity contribution < 1.29 is 4.74 Å². The number of aromatic nitrogens is 7. The van der Waals surface area contributed by atoms with Crippen molar-refractivity contribution in [1.29, 1.82) is 0 Å². The molecule has 2 atom stereocenters. The number of hydrogen-bond acceptors (Lipinski definition) is 10. The number of nitrogens with one attached hydrogen (secondary N) is 2. The Morgan fingerprint density at radius 1 is 0.976 bits per heavy atom. The number of para-hydroxylation sites is 1. The van der Waals surface area contributed by atoms with E-state index < -0.39 is 0 Å². The summed E-state index contributed by atoms with van der Waals surface area (Å²) in [6, 6.07) is 15.2. The summed E-state index contributed by atoms with van der Waals surface area (Å²) in [4.78, 5) is 28.3. The van der Waals surface area contributed by atoms with Crippen LogP contribution in [0.25, 0.3) is 22.3 Å². The van der Waals surface area contributed by atoms with Crippen molar-refractivity contribution in [1.82, 2.24) is 40.0 Å². The summed E-state index contributed by atoms with van der Waals surface area (Å²) in [7, 11) is 1.61. The number of ether oxygens (including phenoxy) is 1. The first-order chi connectivity index (χ1) is 20.2. The number of aromatic amines is 1. The van der Waals surface area contributed by atoms with Crippen LogP contribution >= 0.6 is 0 Å². The van der Waals surface area contributed by atoms with Gasteiger partial charge in [0.05, 0.1) is 30.7 Å². The van der Waals surface area contributed by atoms with E-state index in [1.807, 2.05) is 30.5 Å². The van der Waals surface area contributed by atoms with E-state index >= 15 is 0 Å². The number of hydrogen-bond donors (Lipinski definition) is 2. The molecule has 0 spiro atoms. The molecule has 1 saturated carbocycles. The quantitative estimate of drug-likeness (QED) is 0.291. The minimum atomic E-state index is 0.485. The minimum Gasteiger partial charge on any atom is -0.480 e.